The van der Waals surface area contributed by atoms with E-state index in [2.05, 4.69) is 27.4 Å². The van der Waals surface area contributed by atoms with E-state index in [-0.39, 0.29) is 29.4 Å². The van der Waals surface area contributed by atoms with Crippen molar-refractivity contribution in [3.05, 3.63) is 83.4 Å². The van der Waals surface area contributed by atoms with Crippen molar-refractivity contribution in [3.8, 4) is 5.75 Å². The van der Waals surface area contributed by atoms with Gasteiger partial charge >= 0.3 is 5.97 Å². The maximum absolute atomic E-state index is 13.0. The van der Waals surface area contributed by atoms with E-state index in [9.17, 15) is 14.4 Å². The molecule has 2 unspecified atom stereocenters. The third-order valence-corrected chi connectivity index (χ3v) is 7.20. The van der Waals surface area contributed by atoms with E-state index < -0.39 is 0 Å². The van der Waals surface area contributed by atoms with Crippen molar-refractivity contribution in [3.63, 3.8) is 0 Å². The van der Waals surface area contributed by atoms with Crippen LogP contribution in [-0.4, -0.2) is 30.7 Å². The fraction of sp³-hybridized carbons (Fsp3) is 0.424. The quantitative estimate of drug-likeness (QED) is 0.121. The van der Waals surface area contributed by atoms with Crippen LogP contribution in [0.15, 0.2) is 66.8 Å². The highest BCUT2D eigenvalue weighted by molar-refractivity contribution is 6.09. The molecule has 5 nitrogen and oxygen atoms in total. The molecule has 0 aromatic heterocycles. The lowest BCUT2D eigenvalue weighted by molar-refractivity contribution is -0.137. The molecule has 0 saturated heterocycles. The molecule has 2 atom stereocenters. The highest BCUT2D eigenvalue weighted by Gasteiger charge is 2.32. The summed E-state index contributed by atoms with van der Waals surface area (Å²) in [6, 6.07) is 14.7. The Morgan fingerprint density at radius 3 is 2.13 bits per heavy atom. The number of hydrogen-bond donors (Lipinski definition) is 0. The zero-order valence-corrected chi connectivity index (χ0v) is 22.9. The number of benzene rings is 2. The minimum atomic E-state index is -0.383. The first-order valence-electron chi connectivity index (χ1n) is 13.7. The molecule has 0 heterocycles. The lowest BCUT2D eigenvalue weighted by Gasteiger charge is -2.30. The standard InChI is InChI=1S/C33H40O5/c1-5-31(34)38-21-9-7-6-8-20-37-28-17-15-27(16-18-28)32(35)26-13-11-25(12-14-26)22-30-24(4)10-19-29(23(2)3)33(30)36/h5,11-18,22-24,29H,1,6-10,19-21H2,2-4H3. The van der Waals surface area contributed by atoms with Crippen LogP contribution >= 0.6 is 0 Å². The zero-order chi connectivity index (χ0) is 27.5. The van der Waals surface area contributed by atoms with Gasteiger partial charge in [-0.15, -0.1) is 0 Å². The molecule has 1 aliphatic rings. The molecule has 1 saturated carbocycles. The summed E-state index contributed by atoms with van der Waals surface area (Å²) >= 11 is 0. The van der Waals surface area contributed by atoms with Crippen molar-refractivity contribution in [1.29, 1.82) is 0 Å². The Morgan fingerprint density at radius 1 is 0.921 bits per heavy atom. The average Bonchev–Trinajstić information content (AvgIpc) is 2.92. The van der Waals surface area contributed by atoms with E-state index in [4.69, 9.17) is 9.47 Å². The summed E-state index contributed by atoms with van der Waals surface area (Å²) in [6.07, 6.45) is 8.84. The number of ketones is 2. The lowest BCUT2D eigenvalue weighted by Crippen LogP contribution is -2.30. The molecule has 3 rings (SSSR count). The fourth-order valence-corrected chi connectivity index (χ4v) is 4.78. The molecule has 1 aliphatic carbocycles. The molecule has 0 bridgehead atoms. The van der Waals surface area contributed by atoms with Gasteiger partial charge in [0.05, 0.1) is 13.2 Å². The number of allylic oxidation sites excluding steroid dienone is 1. The van der Waals surface area contributed by atoms with Crippen molar-refractivity contribution in [1.82, 2.24) is 0 Å². The Bertz CT molecular complexity index is 1120. The van der Waals surface area contributed by atoms with Gasteiger partial charge in [0.25, 0.3) is 0 Å². The predicted octanol–water partition coefficient (Wildman–Crippen LogP) is 7.24. The number of rotatable bonds is 13. The van der Waals surface area contributed by atoms with Crippen molar-refractivity contribution >= 4 is 23.6 Å². The van der Waals surface area contributed by atoms with E-state index >= 15 is 0 Å². The molecule has 2 aromatic rings. The van der Waals surface area contributed by atoms with Gasteiger partial charge in [-0.25, -0.2) is 4.79 Å². The summed E-state index contributed by atoms with van der Waals surface area (Å²) in [5, 5.41) is 0. The van der Waals surface area contributed by atoms with E-state index in [1.807, 2.05) is 42.5 Å². The molecular formula is C33H40O5. The largest absolute Gasteiger partial charge is 0.494 e. The summed E-state index contributed by atoms with van der Waals surface area (Å²) in [7, 11) is 0. The second-order valence-corrected chi connectivity index (χ2v) is 10.4. The highest BCUT2D eigenvalue weighted by atomic mass is 16.5. The number of Topliss-reactive ketones (excluding diaryl/α,β-unsaturated/α-hetero) is 1. The van der Waals surface area contributed by atoms with Gasteiger partial charge in [0, 0.05) is 23.1 Å². The van der Waals surface area contributed by atoms with Crippen molar-refractivity contribution in [2.75, 3.05) is 13.2 Å². The lowest BCUT2D eigenvalue weighted by atomic mass is 9.73. The Hall–Kier alpha value is -3.47. The molecule has 202 valence electrons. The topological polar surface area (TPSA) is 69.7 Å². The molecule has 0 spiro atoms. The number of unbranched alkanes of at least 4 members (excludes halogenated alkanes) is 3. The minimum Gasteiger partial charge on any atom is -0.494 e. The number of esters is 1. The van der Waals surface area contributed by atoms with E-state index in [0.717, 1.165) is 55.4 Å². The molecule has 0 aliphatic heterocycles. The van der Waals surface area contributed by atoms with Gasteiger partial charge in [-0.3, -0.25) is 9.59 Å². The van der Waals surface area contributed by atoms with Gasteiger partial charge in [-0.05, 0) is 91.8 Å². The molecule has 1 fully saturated rings. The van der Waals surface area contributed by atoms with Crippen LogP contribution in [0.1, 0.15) is 80.8 Å². The average molecular weight is 517 g/mol. The van der Waals surface area contributed by atoms with Crippen LogP contribution in [0.25, 0.3) is 6.08 Å². The maximum Gasteiger partial charge on any atom is 0.330 e. The first-order chi connectivity index (χ1) is 18.3. The molecule has 2 aromatic carbocycles. The summed E-state index contributed by atoms with van der Waals surface area (Å²) in [6.45, 7) is 10.7. The van der Waals surface area contributed by atoms with Crippen LogP contribution < -0.4 is 4.74 Å². The van der Waals surface area contributed by atoms with Gasteiger partial charge in [0.2, 0.25) is 0 Å². The molecule has 0 amide bonds. The normalized spacial score (nSPS) is 18.4. The van der Waals surface area contributed by atoms with Gasteiger partial charge in [-0.2, -0.15) is 0 Å². The maximum atomic E-state index is 13.0. The summed E-state index contributed by atoms with van der Waals surface area (Å²) in [4.78, 5) is 36.9. The fourth-order valence-electron chi connectivity index (χ4n) is 4.78. The Morgan fingerprint density at radius 2 is 1.53 bits per heavy atom. The first-order valence-corrected chi connectivity index (χ1v) is 13.7. The monoisotopic (exact) mass is 516 g/mol. The zero-order valence-electron chi connectivity index (χ0n) is 22.9. The molecule has 5 heteroatoms. The number of hydrogen-bond acceptors (Lipinski definition) is 5. The summed E-state index contributed by atoms with van der Waals surface area (Å²) < 4.78 is 10.7. The van der Waals surface area contributed by atoms with Gasteiger partial charge < -0.3 is 9.47 Å². The second kappa shape index (κ2) is 14.5. The molecule has 0 N–H and O–H groups in total. The van der Waals surface area contributed by atoms with Crippen LogP contribution in [0.3, 0.4) is 0 Å². The Kier molecular flexibility index (Phi) is 11.1. The van der Waals surface area contributed by atoms with Gasteiger partial charge in [0.15, 0.2) is 11.6 Å². The number of ether oxygens (including phenoxy) is 2. The molecule has 0 radical (unpaired) electrons. The second-order valence-electron chi connectivity index (χ2n) is 10.4. The summed E-state index contributed by atoms with van der Waals surface area (Å²) in [5.74, 6) is 1.28. The predicted molar refractivity (Wildman–Crippen MR) is 151 cm³/mol. The van der Waals surface area contributed by atoms with Gasteiger partial charge in [0.1, 0.15) is 5.75 Å². The third-order valence-electron chi connectivity index (χ3n) is 7.20. The molecule has 38 heavy (non-hydrogen) atoms. The smallest absolute Gasteiger partial charge is 0.330 e. The Labute approximate surface area is 226 Å². The van der Waals surface area contributed by atoms with Crippen molar-refractivity contribution in [2.24, 2.45) is 17.8 Å². The van der Waals surface area contributed by atoms with Crippen molar-refractivity contribution in [2.45, 2.75) is 59.3 Å². The van der Waals surface area contributed by atoms with E-state index in [1.54, 1.807) is 12.1 Å². The highest BCUT2D eigenvalue weighted by Crippen LogP contribution is 2.35. The number of carbonyl (C=O) groups excluding carboxylic acids is 3. The van der Waals surface area contributed by atoms with Crippen LogP contribution in [0.2, 0.25) is 0 Å². The van der Waals surface area contributed by atoms with E-state index in [1.165, 1.54) is 6.08 Å². The SMILES string of the molecule is C=CC(=O)OCCCCCCOc1ccc(C(=O)c2ccc(C=C3C(=O)C(C(C)C)CCC3C)cc2)cc1. The summed E-state index contributed by atoms with van der Waals surface area (Å²) in [5.41, 5.74) is 3.07. The molecular weight excluding hydrogens is 476 g/mol. The van der Waals surface area contributed by atoms with Crippen LogP contribution in [-0.2, 0) is 14.3 Å². The van der Waals surface area contributed by atoms with Crippen LogP contribution in [0.5, 0.6) is 5.75 Å². The van der Waals surface area contributed by atoms with Crippen molar-refractivity contribution < 1.29 is 23.9 Å². The van der Waals surface area contributed by atoms with Gasteiger partial charge in [-0.1, -0.05) is 51.6 Å². The third kappa shape index (κ3) is 8.27. The van der Waals surface area contributed by atoms with Crippen LogP contribution in [0.4, 0.5) is 0 Å². The van der Waals surface area contributed by atoms with E-state index in [0.29, 0.717) is 30.3 Å². The Balaban J connectivity index is 1.48. The van der Waals surface area contributed by atoms with Crippen LogP contribution in [0, 0.1) is 17.8 Å². The minimum absolute atomic E-state index is 0.0464. The number of carbonyl (C=O) groups is 3. The first kappa shape index (κ1) is 29.1.